The van der Waals surface area contributed by atoms with E-state index >= 15 is 0 Å². The van der Waals surface area contributed by atoms with E-state index < -0.39 is 17.3 Å². The summed E-state index contributed by atoms with van der Waals surface area (Å²) in [7, 11) is 1.64. The quantitative estimate of drug-likeness (QED) is 0.307. The van der Waals surface area contributed by atoms with Gasteiger partial charge in [0.2, 0.25) is 5.60 Å². The van der Waals surface area contributed by atoms with E-state index in [9.17, 15) is 19.2 Å². The van der Waals surface area contributed by atoms with Crippen LogP contribution in [0, 0.1) is 6.92 Å². The Morgan fingerprint density at radius 3 is 2.36 bits per heavy atom. The van der Waals surface area contributed by atoms with Crippen molar-refractivity contribution in [3.8, 4) is 5.75 Å². The van der Waals surface area contributed by atoms with Gasteiger partial charge in [0.15, 0.2) is 0 Å². The van der Waals surface area contributed by atoms with Gasteiger partial charge >= 0.3 is 12.2 Å². The monoisotopic (exact) mass is 658 g/mol. The summed E-state index contributed by atoms with van der Waals surface area (Å²) in [4.78, 5) is 60.9. The molecule has 4 rings (SSSR count). The van der Waals surface area contributed by atoms with Gasteiger partial charge in [-0.2, -0.15) is 0 Å². The summed E-state index contributed by atoms with van der Waals surface area (Å²) in [6.07, 6.45) is 3.96. The Bertz CT molecular complexity index is 1300. The van der Waals surface area contributed by atoms with Gasteiger partial charge in [0.1, 0.15) is 18.0 Å². The van der Waals surface area contributed by atoms with Gasteiger partial charge in [-0.15, -0.1) is 0 Å². The topological polar surface area (TPSA) is 118 Å². The normalized spacial score (nSPS) is 21.4. The molecule has 12 heteroatoms. The molecule has 2 fully saturated rings. The van der Waals surface area contributed by atoms with Crippen LogP contribution in [0.25, 0.3) is 0 Å². The van der Waals surface area contributed by atoms with Crippen LogP contribution in [0.5, 0.6) is 5.75 Å². The highest BCUT2D eigenvalue weighted by Crippen LogP contribution is 2.41. The SMILES string of the molecule is COCCCCN1C(=O)C(C)(COC(=O)N2CCCC2)Oc2cc(C)c(C(=O)N(C(C)C)[C@@H]3CCCN(C(=O)OC(C)(C)C)C3)cc21. The highest BCUT2D eigenvalue weighted by atomic mass is 16.6. The number of benzene rings is 1. The summed E-state index contributed by atoms with van der Waals surface area (Å²) in [5.74, 6) is -0.0501. The zero-order valence-electron chi connectivity index (χ0n) is 29.6. The Morgan fingerprint density at radius 2 is 1.72 bits per heavy atom. The lowest BCUT2D eigenvalue weighted by Gasteiger charge is -2.42. The van der Waals surface area contributed by atoms with Crippen molar-refractivity contribution in [3.63, 3.8) is 0 Å². The molecular formula is C35H54N4O8. The Kier molecular flexibility index (Phi) is 11.7. The number of hydrogen-bond donors (Lipinski definition) is 0. The van der Waals surface area contributed by atoms with Crippen LogP contribution in [0.1, 0.15) is 96.0 Å². The zero-order valence-corrected chi connectivity index (χ0v) is 29.6. The van der Waals surface area contributed by atoms with Crippen molar-refractivity contribution in [2.45, 2.75) is 110 Å². The van der Waals surface area contributed by atoms with Crippen LogP contribution in [0.2, 0.25) is 0 Å². The fourth-order valence-corrected chi connectivity index (χ4v) is 6.53. The summed E-state index contributed by atoms with van der Waals surface area (Å²) in [6, 6.07) is 3.21. The summed E-state index contributed by atoms with van der Waals surface area (Å²) in [5, 5.41) is 0. The summed E-state index contributed by atoms with van der Waals surface area (Å²) in [5.41, 5.74) is -0.372. The largest absolute Gasteiger partial charge is 0.472 e. The van der Waals surface area contributed by atoms with Crippen molar-refractivity contribution in [3.05, 3.63) is 23.3 Å². The molecule has 2 saturated heterocycles. The fraction of sp³-hybridized carbons (Fsp3) is 0.714. The van der Waals surface area contributed by atoms with Crippen molar-refractivity contribution in [2.75, 3.05) is 57.9 Å². The molecule has 0 aromatic heterocycles. The van der Waals surface area contributed by atoms with Crippen LogP contribution in [0.4, 0.5) is 15.3 Å². The molecule has 0 aliphatic carbocycles. The van der Waals surface area contributed by atoms with E-state index in [2.05, 4.69) is 0 Å². The molecule has 1 aromatic carbocycles. The maximum absolute atomic E-state index is 14.4. The number of ether oxygens (including phenoxy) is 4. The average molecular weight is 659 g/mol. The number of hydrogen-bond acceptors (Lipinski definition) is 8. The number of anilines is 1. The molecule has 12 nitrogen and oxygen atoms in total. The molecule has 2 atom stereocenters. The fourth-order valence-electron chi connectivity index (χ4n) is 6.53. The van der Waals surface area contributed by atoms with E-state index in [4.69, 9.17) is 18.9 Å². The third-order valence-corrected chi connectivity index (χ3v) is 8.91. The zero-order chi connectivity index (χ0) is 34.5. The highest BCUT2D eigenvalue weighted by Gasteiger charge is 2.47. The minimum absolute atomic E-state index is 0.141. The molecular weight excluding hydrogens is 604 g/mol. The van der Waals surface area contributed by atoms with Gasteiger partial charge in [-0.05, 0) is 105 Å². The van der Waals surface area contributed by atoms with Gasteiger partial charge < -0.3 is 38.5 Å². The predicted octanol–water partition coefficient (Wildman–Crippen LogP) is 5.39. The maximum Gasteiger partial charge on any atom is 0.410 e. The lowest BCUT2D eigenvalue weighted by Crippen LogP contribution is -2.58. The average Bonchev–Trinajstić information content (AvgIpc) is 3.54. The van der Waals surface area contributed by atoms with Crippen molar-refractivity contribution in [2.24, 2.45) is 0 Å². The van der Waals surface area contributed by atoms with Gasteiger partial charge in [-0.1, -0.05) is 0 Å². The van der Waals surface area contributed by atoms with Gasteiger partial charge in [-0.3, -0.25) is 9.59 Å². The van der Waals surface area contributed by atoms with E-state index in [1.165, 1.54) is 0 Å². The van der Waals surface area contributed by atoms with Gasteiger partial charge in [-0.25, -0.2) is 9.59 Å². The van der Waals surface area contributed by atoms with E-state index in [1.54, 1.807) is 40.9 Å². The van der Waals surface area contributed by atoms with E-state index in [0.29, 0.717) is 68.3 Å². The first-order chi connectivity index (χ1) is 22.1. The van der Waals surface area contributed by atoms with Crippen molar-refractivity contribution < 1.29 is 38.1 Å². The second-order valence-electron chi connectivity index (χ2n) is 14.4. The number of carbonyl (C=O) groups excluding carboxylic acids is 4. The van der Waals surface area contributed by atoms with Gasteiger partial charge in [0.05, 0.1) is 11.7 Å². The second-order valence-corrected chi connectivity index (χ2v) is 14.4. The van der Waals surface area contributed by atoms with Crippen molar-refractivity contribution >= 4 is 29.7 Å². The summed E-state index contributed by atoms with van der Waals surface area (Å²) < 4.78 is 22.8. The van der Waals surface area contributed by atoms with E-state index in [0.717, 1.165) is 32.1 Å². The Hall–Kier alpha value is -3.54. The van der Waals surface area contributed by atoms with Crippen LogP contribution >= 0.6 is 0 Å². The molecule has 3 aliphatic heterocycles. The first-order valence-electron chi connectivity index (χ1n) is 17.0. The maximum atomic E-state index is 14.4. The highest BCUT2D eigenvalue weighted by molar-refractivity contribution is 6.05. The molecule has 0 radical (unpaired) electrons. The third-order valence-electron chi connectivity index (χ3n) is 8.91. The van der Waals surface area contributed by atoms with Crippen molar-refractivity contribution in [1.82, 2.24) is 14.7 Å². The molecule has 3 heterocycles. The minimum atomic E-state index is -1.43. The number of methoxy groups -OCH3 is 1. The summed E-state index contributed by atoms with van der Waals surface area (Å²) in [6.45, 7) is 15.9. The molecule has 1 unspecified atom stereocenters. The van der Waals surface area contributed by atoms with Crippen LogP contribution < -0.4 is 9.64 Å². The van der Waals surface area contributed by atoms with Gasteiger partial charge in [0, 0.05) is 58.0 Å². The number of fused-ring (bicyclic) bond motifs is 1. The number of carbonyl (C=O) groups is 4. The lowest BCUT2D eigenvalue weighted by atomic mass is 9.96. The number of rotatable bonds is 10. The number of amides is 4. The molecule has 47 heavy (non-hydrogen) atoms. The van der Waals surface area contributed by atoms with Crippen LogP contribution in [0.15, 0.2) is 12.1 Å². The smallest absolute Gasteiger partial charge is 0.410 e. The third kappa shape index (κ3) is 8.69. The number of unbranched alkanes of at least 4 members (excludes halogenated alkanes) is 1. The lowest BCUT2D eigenvalue weighted by molar-refractivity contribution is -0.137. The van der Waals surface area contributed by atoms with Crippen LogP contribution in [-0.4, -0.2) is 115 Å². The molecule has 0 saturated carbocycles. The van der Waals surface area contributed by atoms with Gasteiger partial charge in [0.25, 0.3) is 11.8 Å². The first-order valence-corrected chi connectivity index (χ1v) is 17.0. The van der Waals surface area contributed by atoms with Crippen LogP contribution in [-0.2, 0) is 19.0 Å². The molecule has 0 bridgehead atoms. The Labute approximate surface area is 279 Å². The Balaban J connectivity index is 1.61. The molecule has 262 valence electrons. The molecule has 0 N–H and O–H groups in total. The van der Waals surface area contributed by atoms with Crippen molar-refractivity contribution in [1.29, 1.82) is 0 Å². The molecule has 3 aliphatic rings. The number of nitrogens with zero attached hydrogens (tertiary/aromatic N) is 4. The predicted molar refractivity (Wildman–Crippen MR) is 178 cm³/mol. The molecule has 4 amide bonds. The first kappa shape index (κ1) is 36.3. The summed E-state index contributed by atoms with van der Waals surface area (Å²) >= 11 is 0. The second kappa shape index (κ2) is 15.1. The standard InChI is InChI=1S/C35H54N4O8/c1-24(2)39(26-14-13-17-37(22-26)33(43)47-34(4,5)6)30(40)27-21-28-29(20-25(27)3)46-35(7,23-45-32(42)36-15-9-10-16-36)31(41)38(28)18-11-12-19-44-8/h20-21,24,26H,9-19,22-23H2,1-8H3/t26-,35?/m1/s1. The number of piperidine rings is 1. The van der Waals surface area contributed by atoms with E-state index in [-0.39, 0.29) is 36.6 Å². The molecule has 1 aromatic rings. The number of likely N-dealkylation sites (tertiary alicyclic amines) is 2. The Morgan fingerprint density at radius 1 is 1.04 bits per heavy atom. The molecule has 0 spiro atoms. The van der Waals surface area contributed by atoms with Crippen LogP contribution in [0.3, 0.4) is 0 Å². The minimum Gasteiger partial charge on any atom is -0.472 e. The number of aryl methyl sites for hydroxylation is 1. The van der Waals surface area contributed by atoms with E-state index in [1.807, 2.05) is 46.4 Å².